The van der Waals surface area contributed by atoms with Crippen molar-refractivity contribution in [1.29, 1.82) is 0 Å². The second kappa shape index (κ2) is 11.1. The Bertz CT molecular complexity index is 1450. The van der Waals surface area contributed by atoms with E-state index in [1.165, 1.54) is 29.2 Å². The first-order valence-corrected chi connectivity index (χ1v) is 12.2. The summed E-state index contributed by atoms with van der Waals surface area (Å²) in [5.41, 5.74) is 2.89. The molecule has 0 bridgehead atoms. The van der Waals surface area contributed by atoms with Gasteiger partial charge in [-0.1, -0.05) is 48.5 Å². The van der Waals surface area contributed by atoms with Gasteiger partial charge >= 0.3 is 5.97 Å². The van der Waals surface area contributed by atoms with Crippen molar-refractivity contribution in [3.63, 3.8) is 0 Å². The van der Waals surface area contributed by atoms with Crippen LogP contribution in [0.4, 0.5) is 10.1 Å². The highest BCUT2D eigenvalue weighted by Crippen LogP contribution is 2.34. The summed E-state index contributed by atoms with van der Waals surface area (Å²) >= 11 is 0. The van der Waals surface area contributed by atoms with E-state index >= 15 is 0 Å². The summed E-state index contributed by atoms with van der Waals surface area (Å²) < 4.78 is 24.3. The number of anilines is 1. The van der Waals surface area contributed by atoms with Crippen LogP contribution in [0.1, 0.15) is 16.8 Å². The Morgan fingerprint density at radius 1 is 0.842 bits per heavy atom. The molecular formula is C31H24FNO5. The molecule has 38 heavy (non-hydrogen) atoms. The molecule has 1 atom stereocenters. The first-order valence-electron chi connectivity index (χ1n) is 12.2. The van der Waals surface area contributed by atoms with Crippen molar-refractivity contribution in [1.82, 2.24) is 0 Å². The highest BCUT2D eigenvalue weighted by atomic mass is 19.1. The van der Waals surface area contributed by atoms with Crippen LogP contribution in [0.2, 0.25) is 0 Å². The highest BCUT2D eigenvalue weighted by molar-refractivity contribution is 6.01. The minimum Gasteiger partial charge on any atom is -0.457 e. The second-order valence-electron chi connectivity index (χ2n) is 8.90. The third kappa shape index (κ3) is 5.62. The molecule has 190 valence electrons. The highest BCUT2D eigenvalue weighted by Gasteiger charge is 2.36. The first-order chi connectivity index (χ1) is 18.5. The summed E-state index contributed by atoms with van der Waals surface area (Å²) in [6, 6.07) is 29.8. The van der Waals surface area contributed by atoms with Gasteiger partial charge in [-0.2, -0.15) is 0 Å². The largest absolute Gasteiger partial charge is 0.457 e. The van der Waals surface area contributed by atoms with E-state index in [1.807, 2.05) is 54.6 Å². The molecule has 0 spiro atoms. The smallest absolute Gasteiger partial charge is 0.311 e. The lowest BCUT2D eigenvalue weighted by atomic mass is 10.0. The number of benzene rings is 4. The van der Waals surface area contributed by atoms with Crippen molar-refractivity contribution in [2.45, 2.75) is 6.42 Å². The van der Waals surface area contributed by atoms with Gasteiger partial charge in [-0.15, -0.1) is 0 Å². The van der Waals surface area contributed by atoms with Gasteiger partial charge in [-0.3, -0.25) is 14.4 Å². The molecule has 1 heterocycles. The molecule has 0 aliphatic carbocycles. The third-order valence-corrected chi connectivity index (χ3v) is 6.32. The van der Waals surface area contributed by atoms with Gasteiger partial charge < -0.3 is 14.4 Å². The predicted molar refractivity (Wildman–Crippen MR) is 141 cm³/mol. The number of hydrogen-bond acceptors (Lipinski definition) is 5. The Kier molecular flexibility index (Phi) is 7.26. The summed E-state index contributed by atoms with van der Waals surface area (Å²) in [7, 11) is 0. The van der Waals surface area contributed by atoms with Crippen LogP contribution in [0.3, 0.4) is 0 Å². The summed E-state index contributed by atoms with van der Waals surface area (Å²) in [5.74, 6) is -1.09. The molecule has 1 aliphatic rings. The van der Waals surface area contributed by atoms with Crippen LogP contribution in [0.5, 0.6) is 11.5 Å². The Balaban J connectivity index is 1.20. The van der Waals surface area contributed by atoms with Gasteiger partial charge in [0.1, 0.15) is 17.3 Å². The Labute approximate surface area is 219 Å². The number of hydrogen-bond donors (Lipinski definition) is 0. The number of nitrogens with zero attached hydrogens (tertiary/aromatic N) is 1. The monoisotopic (exact) mass is 509 g/mol. The maximum Gasteiger partial charge on any atom is 0.311 e. The lowest BCUT2D eigenvalue weighted by molar-refractivity contribution is -0.147. The minimum atomic E-state index is -0.683. The second-order valence-corrected chi connectivity index (χ2v) is 8.90. The van der Waals surface area contributed by atoms with Gasteiger partial charge in [0.05, 0.1) is 5.92 Å². The van der Waals surface area contributed by atoms with E-state index < -0.39 is 30.1 Å². The Morgan fingerprint density at radius 3 is 2.26 bits per heavy atom. The molecule has 1 amide bonds. The number of amides is 1. The van der Waals surface area contributed by atoms with Crippen LogP contribution in [0.25, 0.3) is 11.1 Å². The molecule has 4 aromatic rings. The van der Waals surface area contributed by atoms with Crippen LogP contribution >= 0.6 is 0 Å². The number of carbonyl (C=O) groups excluding carboxylic acids is 3. The fourth-order valence-electron chi connectivity index (χ4n) is 4.32. The normalized spacial score (nSPS) is 14.8. The van der Waals surface area contributed by atoms with Gasteiger partial charge in [-0.05, 0) is 60.2 Å². The Morgan fingerprint density at radius 2 is 1.53 bits per heavy atom. The molecule has 4 aromatic carbocycles. The summed E-state index contributed by atoms with van der Waals surface area (Å²) in [6.07, 6.45) is -0.00766. The molecule has 1 saturated heterocycles. The van der Waals surface area contributed by atoms with E-state index in [-0.39, 0.29) is 24.4 Å². The van der Waals surface area contributed by atoms with Gasteiger partial charge in [0, 0.05) is 29.8 Å². The van der Waals surface area contributed by atoms with Crippen LogP contribution < -0.4 is 9.64 Å². The number of rotatable bonds is 8. The number of Topliss-reactive ketones (excluding diaryl/α,β-unsaturated/α-hetero) is 1. The maximum atomic E-state index is 13.0. The predicted octanol–water partition coefficient (Wildman–Crippen LogP) is 6.06. The molecule has 6 nitrogen and oxygen atoms in total. The zero-order valence-corrected chi connectivity index (χ0v) is 20.4. The molecule has 0 saturated carbocycles. The summed E-state index contributed by atoms with van der Waals surface area (Å²) in [6.45, 7) is -0.314. The van der Waals surface area contributed by atoms with Crippen LogP contribution in [0, 0.1) is 11.7 Å². The van der Waals surface area contributed by atoms with Crippen LogP contribution in [0.15, 0.2) is 103 Å². The number of ketones is 1. The summed E-state index contributed by atoms with van der Waals surface area (Å²) in [4.78, 5) is 38.9. The standard InChI is InChI=1S/C31H24FNO5/c32-24-12-10-22(11-13-24)28(34)20-37-31(36)23-18-30(35)33(19-23)25-14-16-26(17-15-25)38-29-9-5-4-8-27(29)21-6-2-1-3-7-21/h1-17,23H,18-20H2/t23-/m0/s1. The molecule has 1 fully saturated rings. The van der Waals surface area contributed by atoms with Gasteiger partial charge in [-0.25, -0.2) is 4.39 Å². The first kappa shape index (κ1) is 24.9. The van der Waals surface area contributed by atoms with Crippen LogP contribution in [-0.2, 0) is 14.3 Å². The van der Waals surface area contributed by atoms with Crippen molar-refractivity contribution in [3.05, 3.63) is 115 Å². The molecule has 0 radical (unpaired) electrons. The van der Waals surface area contributed by atoms with E-state index in [1.54, 1.807) is 24.3 Å². The molecular weight excluding hydrogens is 485 g/mol. The van der Waals surface area contributed by atoms with Crippen molar-refractivity contribution >= 4 is 23.3 Å². The zero-order valence-electron chi connectivity index (χ0n) is 20.4. The fourth-order valence-corrected chi connectivity index (χ4v) is 4.32. The molecule has 0 N–H and O–H groups in total. The molecule has 1 aliphatic heterocycles. The van der Waals surface area contributed by atoms with E-state index in [2.05, 4.69) is 0 Å². The fraction of sp³-hybridized carbons (Fsp3) is 0.129. The van der Waals surface area contributed by atoms with Crippen molar-refractivity contribution < 1.29 is 28.2 Å². The van der Waals surface area contributed by atoms with Gasteiger partial charge in [0.25, 0.3) is 0 Å². The third-order valence-electron chi connectivity index (χ3n) is 6.32. The SMILES string of the molecule is O=C(COC(=O)[C@H]1CC(=O)N(c2ccc(Oc3ccccc3-c3ccccc3)cc2)C1)c1ccc(F)cc1. The molecule has 0 unspecified atom stereocenters. The number of esters is 1. The average Bonchev–Trinajstić information content (AvgIpc) is 3.34. The van der Waals surface area contributed by atoms with Crippen molar-refractivity contribution in [2.75, 3.05) is 18.1 Å². The summed E-state index contributed by atoms with van der Waals surface area (Å²) in [5, 5.41) is 0. The zero-order chi connectivity index (χ0) is 26.5. The number of para-hydroxylation sites is 1. The van der Waals surface area contributed by atoms with E-state index in [9.17, 15) is 18.8 Å². The van der Waals surface area contributed by atoms with Crippen molar-refractivity contribution in [2.24, 2.45) is 5.92 Å². The quantitative estimate of drug-likeness (QED) is 0.213. The lowest BCUT2D eigenvalue weighted by Gasteiger charge is -2.17. The molecule has 7 heteroatoms. The number of halogens is 1. The van der Waals surface area contributed by atoms with E-state index in [0.29, 0.717) is 17.2 Å². The van der Waals surface area contributed by atoms with Crippen LogP contribution in [-0.4, -0.2) is 30.8 Å². The topological polar surface area (TPSA) is 72.9 Å². The average molecular weight is 510 g/mol. The Hall–Kier alpha value is -4.78. The number of carbonyl (C=O) groups is 3. The minimum absolute atomic E-state index is 0.00766. The maximum absolute atomic E-state index is 13.0. The van der Waals surface area contributed by atoms with Crippen molar-refractivity contribution in [3.8, 4) is 22.6 Å². The number of ether oxygens (including phenoxy) is 2. The van der Waals surface area contributed by atoms with Gasteiger partial charge in [0.15, 0.2) is 12.4 Å². The van der Waals surface area contributed by atoms with E-state index in [4.69, 9.17) is 9.47 Å². The lowest BCUT2D eigenvalue weighted by Crippen LogP contribution is -2.27. The van der Waals surface area contributed by atoms with E-state index in [0.717, 1.165) is 11.1 Å². The molecule has 0 aromatic heterocycles. The molecule has 5 rings (SSSR count). The van der Waals surface area contributed by atoms with Gasteiger partial charge in [0.2, 0.25) is 5.91 Å².